The molecule has 1 aliphatic heterocycles. The zero-order valence-corrected chi connectivity index (χ0v) is 9.95. The number of carbonyl (C=O) groups is 2. The van der Waals surface area contributed by atoms with Crippen molar-refractivity contribution in [1.82, 2.24) is 5.32 Å². The van der Waals surface area contributed by atoms with E-state index >= 15 is 0 Å². The molecule has 1 saturated heterocycles. The first-order chi connectivity index (χ1) is 7.29. The number of carbonyl (C=O) groups excluding carboxylic acids is 1. The second-order valence-corrected chi connectivity index (χ2v) is 5.11. The zero-order valence-electron chi connectivity index (χ0n) is 9.95. The maximum Gasteiger partial charge on any atom is 0.320 e. The number of hydrogen-bond donors (Lipinski definition) is 2. The third kappa shape index (κ3) is 3.81. The van der Waals surface area contributed by atoms with Crippen molar-refractivity contribution in [3.05, 3.63) is 0 Å². The van der Waals surface area contributed by atoms with E-state index in [4.69, 9.17) is 9.84 Å². The number of nitrogens with one attached hydrogen (secondary N) is 1. The number of aliphatic carboxylic acids is 1. The van der Waals surface area contributed by atoms with Gasteiger partial charge in [-0.05, 0) is 33.6 Å². The normalized spacial score (nSPS) is 26.2. The predicted octanol–water partition coefficient (Wildman–Crippen LogP) is 0.781. The van der Waals surface area contributed by atoms with Crippen molar-refractivity contribution in [2.24, 2.45) is 5.92 Å². The molecule has 2 atom stereocenters. The van der Waals surface area contributed by atoms with Crippen LogP contribution in [0.25, 0.3) is 0 Å². The molecule has 0 bridgehead atoms. The molecule has 0 radical (unpaired) electrons. The summed E-state index contributed by atoms with van der Waals surface area (Å²) < 4.78 is 5.25. The first kappa shape index (κ1) is 13.0. The third-order valence-corrected chi connectivity index (χ3v) is 2.45. The minimum absolute atomic E-state index is 0.227. The molecular weight excluding hydrogens is 210 g/mol. The lowest BCUT2D eigenvalue weighted by molar-refractivity contribution is -0.161. The summed E-state index contributed by atoms with van der Waals surface area (Å²) in [6.07, 6.45) is 1.04. The van der Waals surface area contributed by atoms with Crippen molar-refractivity contribution in [2.45, 2.75) is 45.3 Å². The van der Waals surface area contributed by atoms with Crippen LogP contribution in [0.15, 0.2) is 0 Å². The molecule has 0 aliphatic carbocycles. The Morgan fingerprint density at radius 1 is 1.31 bits per heavy atom. The summed E-state index contributed by atoms with van der Waals surface area (Å²) in [5.41, 5.74) is -0.485. The molecule has 5 nitrogen and oxygen atoms in total. The second kappa shape index (κ2) is 4.82. The monoisotopic (exact) mass is 229 g/mol. The molecule has 0 unspecified atom stereocenters. The van der Waals surface area contributed by atoms with Gasteiger partial charge in [0.05, 0.1) is 5.92 Å². The van der Waals surface area contributed by atoms with Crippen LogP contribution < -0.4 is 5.32 Å². The standard InChI is InChI=1S/C11H19NO4/c1-11(2,3)16-10(15)7-4-5-8(9(13)14)12-6-7/h7-8,12H,4-6H2,1-3H3,(H,13,14)/t7-,8-/m0/s1. The third-order valence-electron chi connectivity index (χ3n) is 2.45. The van der Waals surface area contributed by atoms with Crippen molar-refractivity contribution in [1.29, 1.82) is 0 Å². The summed E-state index contributed by atoms with van der Waals surface area (Å²) in [5.74, 6) is -1.33. The topological polar surface area (TPSA) is 75.6 Å². The molecule has 0 aromatic heterocycles. The van der Waals surface area contributed by atoms with Gasteiger partial charge in [0, 0.05) is 6.54 Å². The maximum absolute atomic E-state index is 11.7. The lowest BCUT2D eigenvalue weighted by Gasteiger charge is -2.29. The quantitative estimate of drug-likeness (QED) is 0.684. The second-order valence-electron chi connectivity index (χ2n) is 5.11. The summed E-state index contributed by atoms with van der Waals surface area (Å²) in [4.78, 5) is 22.4. The van der Waals surface area contributed by atoms with Gasteiger partial charge in [0.25, 0.3) is 0 Å². The van der Waals surface area contributed by atoms with E-state index in [1.54, 1.807) is 0 Å². The van der Waals surface area contributed by atoms with Crippen LogP contribution in [0.2, 0.25) is 0 Å². The molecule has 0 aromatic carbocycles. The number of hydrogen-bond acceptors (Lipinski definition) is 4. The van der Waals surface area contributed by atoms with Gasteiger partial charge in [0.1, 0.15) is 11.6 Å². The molecule has 5 heteroatoms. The molecule has 1 heterocycles. The summed E-state index contributed by atoms with van der Waals surface area (Å²) in [7, 11) is 0. The molecule has 0 saturated carbocycles. The van der Waals surface area contributed by atoms with Crippen LogP contribution in [0.1, 0.15) is 33.6 Å². The Bertz CT molecular complexity index is 274. The number of carboxylic acids is 1. The lowest BCUT2D eigenvalue weighted by atomic mass is 9.94. The number of ether oxygens (including phenoxy) is 1. The Labute approximate surface area is 95.2 Å². The fourth-order valence-electron chi connectivity index (χ4n) is 1.65. The Hall–Kier alpha value is -1.10. The van der Waals surface area contributed by atoms with Gasteiger partial charge in [-0.15, -0.1) is 0 Å². The highest BCUT2D eigenvalue weighted by molar-refractivity contribution is 5.76. The number of piperidine rings is 1. The molecule has 16 heavy (non-hydrogen) atoms. The molecule has 1 rings (SSSR count). The molecule has 0 amide bonds. The highest BCUT2D eigenvalue weighted by Gasteiger charge is 2.31. The minimum Gasteiger partial charge on any atom is -0.480 e. The van der Waals surface area contributed by atoms with Gasteiger partial charge in [-0.2, -0.15) is 0 Å². The SMILES string of the molecule is CC(C)(C)OC(=O)[C@H]1CC[C@@H](C(=O)O)NC1. The Morgan fingerprint density at radius 2 is 1.94 bits per heavy atom. The van der Waals surface area contributed by atoms with E-state index in [1.165, 1.54) is 0 Å². The first-order valence-electron chi connectivity index (χ1n) is 5.48. The van der Waals surface area contributed by atoms with Crippen molar-refractivity contribution < 1.29 is 19.4 Å². The van der Waals surface area contributed by atoms with Crippen LogP contribution in [-0.2, 0) is 14.3 Å². The average molecular weight is 229 g/mol. The summed E-state index contributed by atoms with van der Waals surface area (Å²) >= 11 is 0. The highest BCUT2D eigenvalue weighted by atomic mass is 16.6. The van der Waals surface area contributed by atoms with E-state index in [0.717, 1.165) is 0 Å². The molecule has 2 N–H and O–H groups in total. The fraction of sp³-hybridized carbons (Fsp3) is 0.818. The van der Waals surface area contributed by atoms with Gasteiger partial charge in [-0.25, -0.2) is 0 Å². The van der Waals surface area contributed by atoms with E-state index in [1.807, 2.05) is 20.8 Å². The fourth-order valence-corrected chi connectivity index (χ4v) is 1.65. The maximum atomic E-state index is 11.7. The van der Waals surface area contributed by atoms with Gasteiger partial charge in [0.2, 0.25) is 0 Å². The zero-order chi connectivity index (χ0) is 12.3. The Kier molecular flexibility index (Phi) is 3.91. The molecule has 1 fully saturated rings. The summed E-state index contributed by atoms with van der Waals surface area (Å²) in [6, 6.07) is -0.529. The van der Waals surface area contributed by atoms with Crippen molar-refractivity contribution in [3.63, 3.8) is 0 Å². The van der Waals surface area contributed by atoms with Crippen molar-refractivity contribution >= 4 is 11.9 Å². The van der Waals surface area contributed by atoms with Crippen LogP contribution in [0.4, 0.5) is 0 Å². The van der Waals surface area contributed by atoms with Gasteiger partial charge < -0.3 is 15.2 Å². The lowest BCUT2D eigenvalue weighted by Crippen LogP contribution is -2.47. The van der Waals surface area contributed by atoms with E-state index in [9.17, 15) is 9.59 Å². The van der Waals surface area contributed by atoms with Crippen LogP contribution in [0, 0.1) is 5.92 Å². The minimum atomic E-state index is -0.859. The van der Waals surface area contributed by atoms with Gasteiger partial charge in [-0.1, -0.05) is 0 Å². The molecule has 0 aromatic rings. The molecular formula is C11H19NO4. The van der Waals surface area contributed by atoms with E-state index < -0.39 is 17.6 Å². The Morgan fingerprint density at radius 3 is 2.31 bits per heavy atom. The first-order valence-corrected chi connectivity index (χ1v) is 5.48. The predicted molar refractivity (Wildman–Crippen MR) is 58.0 cm³/mol. The van der Waals surface area contributed by atoms with Gasteiger partial charge in [-0.3, -0.25) is 9.59 Å². The van der Waals surface area contributed by atoms with Crippen molar-refractivity contribution in [3.8, 4) is 0 Å². The van der Waals surface area contributed by atoms with Crippen molar-refractivity contribution in [2.75, 3.05) is 6.54 Å². The number of carboxylic acid groups (broad SMARTS) is 1. The van der Waals surface area contributed by atoms with Crippen LogP contribution in [0.3, 0.4) is 0 Å². The smallest absolute Gasteiger partial charge is 0.320 e. The van der Waals surface area contributed by atoms with Crippen LogP contribution in [0.5, 0.6) is 0 Å². The van der Waals surface area contributed by atoms with E-state index in [2.05, 4.69) is 5.32 Å². The Balaban J connectivity index is 2.42. The molecule has 1 aliphatic rings. The van der Waals surface area contributed by atoms with E-state index in [0.29, 0.717) is 19.4 Å². The summed E-state index contributed by atoms with van der Waals surface area (Å²) in [6.45, 7) is 5.84. The van der Waals surface area contributed by atoms with Gasteiger partial charge >= 0.3 is 11.9 Å². The van der Waals surface area contributed by atoms with Gasteiger partial charge in [0.15, 0.2) is 0 Å². The number of rotatable bonds is 2. The van der Waals surface area contributed by atoms with Crippen LogP contribution in [-0.4, -0.2) is 35.2 Å². The van der Waals surface area contributed by atoms with Crippen LogP contribution >= 0.6 is 0 Å². The molecule has 92 valence electrons. The number of esters is 1. The van der Waals surface area contributed by atoms with E-state index in [-0.39, 0.29) is 11.9 Å². The average Bonchev–Trinajstić information content (AvgIpc) is 2.15. The highest BCUT2D eigenvalue weighted by Crippen LogP contribution is 2.19. The largest absolute Gasteiger partial charge is 0.480 e. The molecule has 0 spiro atoms. The summed E-state index contributed by atoms with van der Waals surface area (Å²) in [5, 5.41) is 11.6.